The van der Waals surface area contributed by atoms with Gasteiger partial charge in [0.25, 0.3) is 11.5 Å². The van der Waals surface area contributed by atoms with E-state index in [2.05, 4.69) is 38.0 Å². The van der Waals surface area contributed by atoms with Gasteiger partial charge in [-0.05, 0) is 60.7 Å². The number of anilines is 1. The fraction of sp³-hybridized carbons (Fsp3) is 0.480. The first-order valence-electron chi connectivity index (χ1n) is 11.3. The van der Waals surface area contributed by atoms with Gasteiger partial charge in [-0.2, -0.15) is 0 Å². The van der Waals surface area contributed by atoms with Gasteiger partial charge in [-0.3, -0.25) is 14.2 Å². The molecule has 3 rings (SSSR count). The number of nitrogens with one attached hydrogen (secondary N) is 1. The van der Waals surface area contributed by atoms with Crippen molar-refractivity contribution >= 4 is 33.1 Å². The number of carbonyl (C=O) groups is 1. The van der Waals surface area contributed by atoms with Crippen LogP contribution in [0.1, 0.15) is 56.5 Å². The molecule has 172 valence electrons. The number of fused-ring (bicyclic) bond motifs is 1. The van der Waals surface area contributed by atoms with Crippen molar-refractivity contribution in [2.24, 2.45) is 11.8 Å². The summed E-state index contributed by atoms with van der Waals surface area (Å²) in [6.07, 6.45) is 3.52. The molecule has 1 amide bonds. The standard InChI is InChI=1S/C25H34N4O2S/c1-16(2)9-11-28(12-10-17(3)4)24(30)19-7-8-21(20(13-19)26-6)29-15-27-22-18(5)14-32-23(22)25(29)31/h7-8,13-17,26H,9-12H2,1-6H3. The molecule has 0 fully saturated rings. The van der Waals surface area contributed by atoms with E-state index in [9.17, 15) is 9.59 Å². The normalized spacial score (nSPS) is 11.5. The SMILES string of the molecule is CNc1cc(C(=O)N(CCC(C)C)CCC(C)C)ccc1-n1cnc2c(C)csc2c1=O. The first-order valence-corrected chi connectivity index (χ1v) is 12.2. The van der Waals surface area contributed by atoms with Crippen molar-refractivity contribution in [2.75, 3.05) is 25.5 Å². The van der Waals surface area contributed by atoms with Crippen molar-refractivity contribution in [3.8, 4) is 5.69 Å². The highest BCUT2D eigenvalue weighted by atomic mass is 32.1. The Morgan fingerprint density at radius 2 is 1.81 bits per heavy atom. The molecule has 0 aliphatic rings. The lowest BCUT2D eigenvalue weighted by molar-refractivity contribution is 0.0741. The van der Waals surface area contributed by atoms with Gasteiger partial charge in [0, 0.05) is 25.7 Å². The van der Waals surface area contributed by atoms with E-state index in [0.717, 1.165) is 42.7 Å². The van der Waals surface area contributed by atoms with E-state index in [0.29, 0.717) is 27.8 Å². The van der Waals surface area contributed by atoms with Gasteiger partial charge in [-0.25, -0.2) is 4.98 Å². The van der Waals surface area contributed by atoms with Gasteiger partial charge >= 0.3 is 0 Å². The van der Waals surface area contributed by atoms with E-state index in [1.165, 1.54) is 11.3 Å². The fourth-order valence-electron chi connectivity index (χ4n) is 3.60. The lowest BCUT2D eigenvalue weighted by Gasteiger charge is -2.25. The van der Waals surface area contributed by atoms with Crippen LogP contribution in [0.3, 0.4) is 0 Å². The zero-order chi connectivity index (χ0) is 23.4. The number of aryl methyl sites for hydroxylation is 1. The number of hydrogen-bond acceptors (Lipinski definition) is 5. The molecule has 0 atom stereocenters. The van der Waals surface area contributed by atoms with Crippen molar-refractivity contribution in [3.05, 3.63) is 51.4 Å². The van der Waals surface area contributed by atoms with E-state index in [1.807, 2.05) is 35.4 Å². The number of carbonyl (C=O) groups excluding carboxylic acids is 1. The third-order valence-electron chi connectivity index (χ3n) is 5.67. The average Bonchev–Trinajstić information content (AvgIpc) is 3.14. The van der Waals surface area contributed by atoms with Crippen LogP contribution in [0.25, 0.3) is 15.9 Å². The minimum absolute atomic E-state index is 0.0316. The quantitative estimate of drug-likeness (QED) is 0.474. The van der Waals surface area contributed by atoms with Gasteiger partial charge in [0.2, 0.25) is 0 Å². The van der Waals surface area contributed by atoms with Crippen LogP contribution < -0.4 is 10.9 Å². The zero-order valence-corrected chi connectivity index (χ0v) is 20.8. The summed E-state index contributed by atoms with van der Waals surface area (Å²) in [6.45, 7) is 12.2. The largest absolute Gasteiger partial charge is 0.386 e. The molecule has 1 aromatic carbocycles. The Balaban J connectivity index is 1.95. The molecular weight excluding hydrogens is 420 g/mol. The predicted octanol–water partition coefficient (Wildman–Crippen LogP) is 5.33. The number of aromatic nitrogens is 2. The van der Waals surface area contributed by atoms with Crippen LogP contribution in [-0.2, 0) is 0 Å². The van der Waals surface area contributed by atoms with Gasteiger partial charge < -0.3 is 10.2 Å². The number of hydrogen-bond donors (Lipinski definition) is 1. The first kappa shape index (κ1) is 24.0. The van der Waals surface area contributed by atoms with Crippen LogP contribution in [0.5, 0.6) is 0 Å². The molecule has 0 spiro atoms. The molecule has 1 N–H and O–H groups in total. The zero-order valence-electron chi connectivity index (χ0n) is 19.9. The highest BCUT2D eigenvalue weighted by Crippen LogP contribution is 2.25. The lowest BCUT2D eigenvalue weighted by atomic mass is 10.1. The number of thiophene rings is 1. The second-order valence-electron chi connectivity index (χ2n) is 9.16. The Labute approximate surface area is 194 Å². The topological polar surface area (TPSA) is 67.2 Å². The minimum Gasteiger partial charge on any atom is -0.386 e. The Kier molecular flexibility index (Phi) is 7.72. The molecule has 0 radical (unpaired) electrons. The Bertz CT molecular complexity index is 1130. The highest BCUT2D eigenvalue weighted by Gasteiger charge is 2.19. The molecule has 2 heterocycles. The third-order valence-corrected chi connectivity index (χ3v) is 6.74. The van der Waals surface area contributed by atoms with Crippen LogP contribution in [0.2, 0.25) is 0 Å². The molecule has 0 saturated heterocycles. The van der Waals surface area contributed by atoms with E-state index in [1.54, 1.807) is 17.9 Å². The van der Waals surface area contributed by atoms with Crippen LogP contribution in [0.4, 0.5) is 5.69 Å². The molecule has 7 heteroatoms. The summed E-state index contributed by atoms with van der Waals surface area (Å²) < 4.78 is 2.19. The van der Waals surface area contributed by atoms with E-state index < -0.39 is 0 Å². The van der Waals surface area contributed by atoms with Crippen molar-refractivity contribution < 1.29 is 4.79 Å². The molecule has 32 heavy (non-hydrogen) atoms. The fourth-order valence-corrected chi connectivity index (χ4v) is 4.53. The van der Waals surface area contributed by atoms with Gasteiger partial charge in [0.15, 0.2) is 0 Å². The summed E-state index contributed by atoms with van der Waals surface area (Å²) in [4.78, 5) is 32.9. The van der Waals surface area contributed by atoms with Crippen LogP contribution in [0.15, 0.2) is 34.7 Å². The number of nitrogens with zero attached hydrogens (tertiary/aromatic N) is 3. The van der Waals surface area contributed by atoms with Crippen molar-refractivity contribution in [3.63, 3.8) is 0 Å². The van der Waals surface area contributed by atoms with E-state index >= 15 is 0 Å². The van der Waals surface area contributed by atoms with E-state index in [4.69, 9.17) is 0 Å². The van der Waals surface area contributed by atoms with Gasteiger partial charge in [-0.1, -0.05) is 27.7 Å². The molecule has 0 bridgehead atoms. The monoisotopic (exact) mass is 454 g/mol. The first-order chi connectivity index (χ1) is 15.2. The Morgan fingerprint density at radius 1 is 1.16 bits per heavy atom. The second kappa shape index (κ2) is 10.3. The number of benzene rings is 1. The van der Waals surface area contributed by atoms with Crippen LogP contribution in [0, 0.1) is 18.8 Å². The molecular formula is C25H34N4O2S. The molecule has 0 unspecified atom stereocenters. The maximum Gasteiger partial charge on any atom is 0.275 e. The third kappa shape index (κ3) is 5.21. The molecule has 0 aliphatic carbocycles. The van der Waals surface area contributed by atoms with Gasteiger partial charge in [0.05, 0.1) is 16.9 Å². The highest BCUT2D eigenvalue weighted by molar-refractivity contribution is 7.17. The predicted molar refractivity (Wildman–Crippen MR) is 134 cm³/mol. The summed E-state index contributed by atoms with van der Waals surface area (Å²) >= 11 is 1.41. The maximum absolute atomic E-state index is 13.3. The summed E-state index contributed by atoms with van der Waals surface area (Å²) in [5.41, 5.74) is 3.69. The molecule has 3 aromatic rings. The molecule has 6 nitrogen and oxygen atoms in total. The van der Waals surface area contributed by atoms with Gasteiger partial charge in [0.1, 0.15) is 11.0 Å². The summed E-state index contributed by atoms with van der Waals surface area (Å²) in [5.74, 6) is 1.11. The van der Waals surface area contributed by atoms with Crippen LogP contribution in [-0.4, -0.2) is 40.5 Å². The molecule has 0 aliphatic heterocycles. The smallest absolute Gasteiger partial charge is 0.275 e. The van der Waals surface area contributed by atoms with Crippen molar-refractivity contribution in [1.82, 2.24) is 14.5 Å². The molecule has 0 saturated carbocycles. The van der Waals surface area contributed by atoms with Gasteiger partial charge in [-0.15, -0.1) is 11.3 Å². The lowest BCUT2D eigenvalue weighted by Crippen LogP contribution is -2.34. The summed E-state index contributed by atoms with van der Waals surface area (Å²) in [7, 11) is 1.80. The average molecular weight is 455 g/mol. The summed E-state index contributed by atoms with van der Waals surface area (Å²) in [5, 5.41) is 5.11. The Hall–Kier alpha value is -2.67. The maximum atomic E-state index is 13.3. The van der Waals surface area contributed by atoms with E-state index in [-0.39, 0.29) is 11.5 Å². The number of rotatable bonds is 9. The summed E-state index contributed by atoms with van der Waals surface area (Å²) in [6, 6.07) is 5.48. The second-order valence-corrected chi connectivity index (χ2v) is 10.0. The van der Waals surface area contributed by atoms with Crippen LogP contribution >= 0.6 is 11.3 Å². The Morgan fingerprint density at radius 3 is 2.41 bits per heavy atom. The van der Waals surface area contributed by atoms with Crippen molar-refractivity contribution in [2.45, 2.75) is 47.5 Å². The minimum atomic E-state index is -0.0980. The van der Waals surface area contributed by atoms with Crippen molar-refractivity contribution in [1.29, 1.82) is 0 Å². The number of amides is 1. The molecule has 2 aromatic heterocycles.